The van der Waals surface area contributed by atoms with Crippen molar-refractivity contribution in [2.75, 3.05) is 26.2 Å². The van der Waals surface area contributed by atoms with Gasteiger partial charge in [0.2, 0.25) is 5.89 Å². The lowest BCUT2D eigenvalue weighted by Crippen LogP contribution is -2.45. The molecule has 1 aliphatic heterocycles. The molecule has 2 aromatic heterocycles. The van der Waals surface area contributed by atoms with Gasteiger partial charge in [-0.1, -0.05) is 5.16 Å². The summed E-state index contributed by atoms with van der Waals surface area (Å²) in [7, 11) is 0. The first-order valence-corrected chi connectivity index (χ1v) is 7.62. The Bertz CT molecular complexity index is 599. The van der Waals surface area contributed by atoms with Gasteiger partial charge in [0.25, 0.3) is 0 Å². The number of rotatable bonds is 5. The van der Waals surface area contributed by atoms with E-state index >= 15 is 0 Å². The second kappa shape index (κ2) is 6.49. The van der Waals surface area contributed by atoms with E-state index in [2.05, 4.69) is 49.3 Å². The molecule has 0 spiro atoms. The Kier molecular flexibility index (Phi) is 4.44. The molecule has 22 heavy (non-hydrogen) atoms. The zero-order valence-corrected chi connectivity index (χ0v) is 13.3. The van der Waals surface area contributed by atoms with E-state index in [1.165, 1.54) is 0 Å². The van der Waals surface area contributed by atoms with Gasteiger partial charge in [0.15, 0.2) is 11.6 Å². The Labute approximate surface area is 129 Å². The average molecular weight is 306 g/mol. The topological polar surface area (TPSA) is 89.0 Å². The van der Waals surface area contributed by atoms with Crippen LogP contribution in [0.5, 0.6) is 0 Å². The predicted octanol–water partition coefficient (Wildman–Crippen LogP) is 0.263. The third-order valence-corrected chi connectivity index (χ3v) is 3.81. The second-order valence-corrected chi connectivity index (χ2v) is 5.92. The first kappa shape index (κ1) is 15.0. The van der Waals surface area contributed by atoms with Crippen LogP contribution in [0.25, 0.3) is 0 Å². The number of hydrogen-bond acceptors (Lipinski definition) is 8. The van der Waals surface area contributed by atoms with E-state index in [1.807, 2.05) is 11.6 Å². The van der Waals surface area contributed by atoms with Crippen molar-refractivity contribution in [3.8, 4) is 0 Å². The first-order chi connectivity index (χ1) is 10.6. The summed E-state index contributed by atoms with van der Waals surface area (Å²) < 4.78 is 7.06. The molecule has 0 atom stereocenters. The fourth-order valence-electron chi connectivity index (χ4n) is 2.62. The maximum absolute atomic E-state index is 5.17. The normalized spacial score (nSPS) is 17.5. The Hall–Kier alpha value is -1.87. The van der Waals surface area contributed by atoms with Crippen molar-refractivity contribution in [3.05, 3.63) is 17.5 Å². The highest BCUT2D eigenvalue weighted by atomic mass is 16.5. The number of aromatic nitrogens is 6. The van der Waals surface area contributed by atoms with E-state index in [0.717, 1.165) is 45.1 Å². The molecule has 0 saturated carbocycles. The van der Waals surface area contributed by atoms with Gasteiger partial charge in [-0.3, -0.25) is 9.80 Å². The van der Waals surface area contributed by atoms with Crippen LogP contribution in [0.4, 0.5) is 0 Å². The van der Waals surface area contributed by atoms with Crippen molar-refractivity contribution in [2.45, 2.75) is 39.9 Å². The van der Waals surface area contributed by atoms with Gasteiger partial charge in [0, 0.05) is 26.2 Å². The summed E-state index contributed by atoms with van der Waals surface area (Å²) in [5.74, 6) is 2.31. The van der Waals surface area contributed by atoms with Crippen molar-refractivity contribution >= 4 is 0 Å². The highest BCUT2D eigenvalue weighted by Gasteiger charge is 2.21. The smallest absolute Gasteiger partial charge is 0.240 e. The quantitative estimate of drug-likeness (QED) is 0.777. The minimum absolute atomic E-state index is 0.284. The third-order valence-electron chi connectivity index (χ3n) is 3.81. The molecule has 2 aromatic rings. The lowest BCUT2D eigenvalue weighted by molar-refractivity contribution is 0.109. The Balaban J connectivity index is 1.50. The van der Waals surface area contributed by atoms with Gasteiger partial charge < -0.3 is 4.52 Å². The fourth-order valence-corrected chi connectivity index (χ4v) is 2.62. The zero-order valence-electron chi connectivity index (χ0n) is 13.3. The minimum atomic E-state index is 0.284. The zero-order chi connectivity index (χ0) is 15.5. The highest BCUT2D eigenvalue weighted by molar-refractivity contribution is 4.87. The Morgan fingerprint density at radius 1 is 1.09 bits per heavy atom. The van der Waals surface area contributed by atoms with Crippen molar-refractivity contribution in [2.24, 2.45) is 0 Å². The van der Waals surface area contributed by atoms with E-state index in [0.29, 0.717) is 11.7 Å². The van der Waals surface area contributed by atoms with Gasteiger partial charge >= 0.3 is 0 Å². The fraction of sp³-hybridized carbons (Fsp3) is 0.769. The molecule has 3 heterocycles. The molecule has 0 bridgehead atoms. The summed E-state index contributed by atoms with van der Waals surface area (Å²) >= 11 is 0. The monoisotopic (exact) mass is 306 g/mol. The largest absolute Gasteiger partial charge is 0.338 e. The molecule has 1 aliphatic rings. The number of piperazine rings is 1. The molecule has 9 nitrogen and oxygen atoms in total. The molecule has 1 fully saturated rings. The van der Waals surface area contributed by atoms with Crippen LogP contribution < -0.4 is 0 Å². The maximum atomic E-state index is 5.17. The number of hydrogen-bond donors (Lipinski definition) is 0. The summed E-state index contributed by atoms with van der Waals surface area (Å²) in [6.07, 6.45) is 0. The van der Waals surface area contributed by atoms with Gasteiger partial charge in [-0.15, -0.1) is 5.10 Å². The molecule has 120 valence electrons. The number of nitrogens with zero attached hydrogens (tertiary/aromatic N) is 8. The van der Waals surface area contributed by atoms with Crippen molar-refractivity contribution < 1.29 is 4.52 Å². The van der Waals surface area contributed by atoms with E-state index in [-0.39, 0.29) is 6.04 Å². The van der Waals surface area contributed by atoms with Crippen molar-refractivity contribution in [3.63, 3.8) is 0 Å². The molecule has 0 amide bonds. The molecular formula is C13H22N8O. The second-order valence-electron chi connectivity index (χ2n) is 5.92. The van der Waals surface area contributed by atoms with Gasteiger partial charge in [0.1, 0.15) is 0 Å². The maximum Gasteiger partial charge on any atom is 0.240 e. The predicted molar refractivity (Wildman–Crippen MR) is 77.8 cm³/mol. The van der Waals surface area contributed by atoms with Crippen LogP contribution in [-0.2, 0) is 13.1 Å². The third kappa shape index (κ3) is 3.47. The molecule has 0 N–H and O–H groups in total. The summed E-state index contributed by atoms with van der Waals surface area (Å²) in [5, 5.41) is 15.8. The van der Waals surface area contributed by atoms with E-state index < -0.39 is 0 Å². The summed E-state index contributed by atoms with van der Waals surface area (Å²) in [6, 6.07) is 0.284. The van der Waals surface area contributed by atoms with Crippen LogP contribution in [0.1, 0.15) is 37.4 Å². The standard InChI is InChI=1S/C13H22N8O/c1-10(2)21-12(15-17-18-21)8-19-4-6-20(7-5-19)9-13-14-11(3)16-22-13/h10H,4-9H2,1-3H3. The molecule has 9 heteroatoms. The van der Waals surface area contributed by atoms with Gasteiger partial charge in [-0.05, 0) is 31.2 Å². The number of aryl methyl sites for hydroxylation is 1. The SMILES string of the molecule is Cc1noc(CN2CCN(Cc3nnnn3C(C)C)CC2)n1. The summed E-state index contributed by atoms with van der Waals surface area (Å²) in [4.78, 5) is 8.96. The van der Waals surface area contributed by atoms with Crippen LogP contribution in [0.2, 0.25) is 0 Å². The Morgan fingerprint density at radius 3 is 2.36 bits per heavy atom. The minimum Gasteiger partial charge on any atom is -0.338 e. The summed E-state index contributed by atoms with van der Waals surface area (Å²) in [5.41, 5.74) is 0. The lowest BCUT2D eigenvalue weighted by atomic mass is 10.3. The highest BCUT2D eigenvalue weighted by Crippen LogP contribution is 2.11. The van der Waals surface area contributed by atoms with Gasteiger partial charge in [0.05, 0.1) is 19.1 Å². The van der Waals surface area contributed by atoms with Crippen molar-refractivity contribution in [1.82, 2.24) is 40.1 Å². The van der Waals surface area contributed by atoms with Gasteiger partial charge in [-0.2, -0.15) is 4.98 Å². The molecule has 3 rings (SSSR count). The molecule has 0 aromatic carbocycles. The first-order valence-electron chi connectivity index (χ1n) is 7.62. The van der Waals surface area contributed by atoms with E-state index in [9.17, 15) is 0 Å². The Morgan fingerprint density at radius 2 is 1.77 bits per heavy atom. The van der Waals surface area contributed by atoms with Crippen LogP contribution in [0, 0.1) is 6.92 Å². The summed E-state index contributed by atoms with van der Waals surface area (Å²) in [6.45, 7) is 11.4. The van der Waals surface area contributed by atoms with E-state index in [1.54, 1.807) is 0 Å². The molecule has 0 aliphatic carbocycles. The van der Waals surface area contributed by atoms with E-state index in [4.69, 9.17) is 4.52 Å². The van der Waals surface area contributed by atoms with Crippen LogP contribution >= 0.6 is 0 Å². The molecule has 0 radical (unpaired) electrons. The van der Waals surface area contributed by atoms with Gasteiger partial charge in [-0.25, -0.2) is 4.68 Å². The van der Waals surface area contributed by atoms with Crippen LogP contribution in [0.3, 0.4) is 0 Å². The van der Waals surface area contributed by atoms with Crippen LogP contribution in [-0.4, -0.2) is 66.3 Å². The van der Waals surface area contributed by atoms with Crippen molar-refractivity contribution in [1.29, 1.82) is 0 Å². The van der Waals surface area contributed by atoms with Crippen LogP contribution in [0.15, 0.2) is 4.52 Å². The molecule has 1 saturated heterocycles. The molecular weight excluding hydrogens is 284 g/mol. The lowest BCUT2D eigenvalue weighted by Gasteiger charge is -2.33. The molecule has 0 unspecified atom stereocenters. The number of tetrazole rings is 1. The average Bonchev–Trinajstić information content (AvgIpc) is 3.10.